The Labute approximate surface area is 176 Å². The second kappa shape index (κ2) is 8.41. The maximum atomic E-state index is 12.7. The van der Waals surface area contributed by atoms with Crippen LogP contribution in [0.2, 0.25) is 0 Å². The standard InChI is InChI=1S/C25H24N2O3/c1-17-8-13-23(18(2)14-17)27-16-19(15-24(27)28)25(29)26-20-9-11-22(12-10-20)30-21-6-4-3-5-7-21/h3-14,19H,15-16H2,1-2H3,(H,26,29)/t19-/m1/s1. The minimum Gasteiger partial charge on any atom is -0.457 e. The van der Waals surface area contributed by atoms with E-state index in [9.17, 15) is 9.59 Å². The van der Waals surface area contributed by atoms with Crippen molar-refractivity contribution in [2.45, 2.75) is 20.3 Å². The zero-order chi connectivity index (χ0) is 21.1. The Bertz CT molecular complexity index is 1060. The molecule has 1 saturated heterocycles. The molecule has 0 bridgehead atoms. The van der Waals surface area contributed by atoms with E-state index in [4.69, 9.17) is 4.74 Å². The number of nitrogens with zero attached hydrogens (tertiary/aromatic N) is 1. The molecular weight excluding hydrogens is 376 g/mol. The van der Waals surface area contributed by atoms with E-state index in [1.54, 1.807) is 17.0 Å². The summed E-state index contributed by atoms with van der Waals surface area (Å²) < 4.78 is 5.77. The zero-order valence-corrected chi connectivity index (χ0v) is 17.1. The molecule has 1 fully saturated rings. The smallest absolute Gasteiger partial charge is 0.229 e. The Kier molecular flexibility index (Phi) is 5.53. The third-order valence-corrected chi connectivity index (χ3v) is 5.24. The predicted molar refractivity (Wildman–Crippen MR) is 118 cm³/mol. The minimum absolute atomic E-state index is 0.0197. The van der Waals surface area contributed by atoms with Crippen molar-refractivity contribution in [3.05, 3.63) is 83.9 Å². The number of nitrogens with one attached hydrogen (secondary N) is 1. The fourth-order valence-electron chi connectivity index (χ4n) is 3.70. The molecule has 1 atom stereocenters. The van der Waals surface area contributed by atoms with E-state index < -0.39 is 0 Å². The number of rotatable bonds is 5. The van der Waals surface area contributed by atoms with Gasteiger partial charge in [0, 0.05) is 24.3 Å². The van der Waals surface area contributed by atoms with Gasteiger partial charge in [-0.2, -0.15) is 0 Å². The number of anilines is 2. The van der Waals surface area contributed by atoms with Gasteiger partial charge < -0.3 is 15.0 Å². The number of carbonyl (C=O) groups is 2. The van der Waals surface area contributed by atoms with Crippen molar-refractivity contribution in [1.82, 2.24) is 0 Å². The Balaban J connectivity index is 1.39. The molecule has 0 aliphatic carbocycles. The van der Waals surface area contributed by atoms with Crippen LogP contribution in [-0.2, 0) is 9.59 Å². The molecule has 30 heavy (non-hydrogen) atoms. The van der Waals surface area contributed by atoms with Gasteiger partial charge in [0.05, 0.1) is 5.92 Å². The summed E-state index contributed by atoms with van der Waals surface area (Å²) >= 11 is 0. The van der Waals surface area contributed by atoms with Crippen LogP contribution in [0.4, 0.5) is 11.4 Å². The van der Waals surface area contributed by atoms with E-state index in [2.05, 4.69) is 11.4 Å². The van der Waals surface area contributed by atoms with Gasteiger partial charge in [-0.15, -0.1) is 0 Å². The van der Waals surface area contributed by atoms with Crippen molar-refractivity contribution in [3.8, 4) is 11.5 Å². The number of amides is 2. The maximum absolute atomic E-state index is 12.7. The second-order valence-corrected chi connectivity index (χ2v) is 7.62. The van der Waals surface area contributed by atoms with Gasteiger partial charge in [-0.05, 0) is 61.9 Å². The third kappa shape index (κ3) is 4.35. The van der Waals surface area contributed by atoms with Crippen LogP contribution in [-0.4, -0.2) is 18.4 Å². The van der Waals surface area contributed by atoms with E-state index >= 15 is 0 Å². The summed E-state index contributed by atoms with van der Waals surface area (Å²) in [5.41, 5.74) is 3.75. The summed E-state index contributed by atoms with van der Waals surface area (Å²) in [5, 5.41) is 2.92. The highest BCUT2D eigenvalue weighted by molar-refractivity contribution is 6.03. The van der Waals surface area contributed by atoms with Gasteiger partial charge in [-0.25, -0.2) is 0 Å². The molecule has 1 heterocycles. The lowest BCUT2D eigenvalue weighted by atomic mass is 10.1. The van der Waals surface area contributed by atoms with Crippen LogP contribution in [0.1, 0.15) is 17.5 Å². The Hall–Kier alpha value is -3.60. The minimum atomic E-state index is -0.376. The van der Waals surface area contributed by atoms with Crippen molar-refractivity contribution >= 4 is 23.2 Å². The largest absolute Gasteiger partial charge is 0.457 e. The first-order valence-corrected chi connectivity index (χ1v) is 10.0. The molecule has 1 aliphatic heterocycles. The fourth-order valence-corrected chi connectivity index (χ4v) is 3.70. The normalized spacial score (nSPS) is 15.9. The van der Waals surface area contributed by atoms with Crippen LogP contribution in [0.15, 0.2) is 72.8 Å². The van der Waals surface area contributed by atoms with Gasteiger partial charge in [-0.3, -0.25) is 9.59 Å². The Morgan fingerprint density at radius 3 is 2.37 bits per heavy atom. The molecule has 1 aliphatic rings. The molecule has 5 heteroatoms. The van der Waals surface area contributed by atoms with Crippen molar-refractivity contribution in [2.75, 3.05) is 16.8 Å². The summed E-state index contributed by atoms with van der Waals surface area (Å²) in [6.07, 6.45) is 0.217. The molecule has 3 aromatic carbocycles. The summed E-state index contributed by atoms with van der Waals surface area (Å²) in [5.74, 6) is 0.904. The van der Waals surface area contributed by atoms with Crippen LogP contribution < -0.4 is 15.0 Å². The predicted octanol–water partition coefficient (Wildman–Crippen LogP) is 5.09. The van der Waals surface area contributed by atoms with Crippen LogP contribution in [0.25, 0.3) is 0 Å². The first-order chi connectivity index (χ1) is 14.5. The van der Waals surface area contributed by atoms with Gasteiger partial charge >= 0.3 is 0 Å². The quantitative estimate of drug-likeness (QED) is 0.649. The first-order valence-electron chi connectivity index (χ1n) is 10.0. The van der Waals surface area contributed by atoms with Gasteiger partial charge in [-0.1, -0.05) is 35.9 Å². The molecule has 0 radical (unpaired) electrons. The van der Waals surface area contributed by atoms with Crippen LogP contribution in [0.3, 0.4) is 0 Å². The van der Waals surface area contributed by atoms with Crippen molar-refractivity contribution in [3.63, 3.8) is 0 Å². The van der Waals surface area contributed by atoms with Gasteiger partial charge in [0.1, 0.15) is 11.5 Å². The van der Waals surface area contributed by atoms with Crippen molar-refractivity contribution in [2.24, 2.45) is 5.92 Å². The average molecular weight is 400 g/mol. The number of hydrogen-bond acceptors (Lipinski definition) is 3. The molecule has 152 valence electrons. The van der Waals surface area contributed by atoms with Gasteiger partial charge in [0.25, 0.3) is 0 Å². The fraction of sp³-hybridized carbons (Fsp3) is 0.200. The van der Waals surface area contributed by atoms with Crippen molar-refractivity contribution in [1.29, 1.82) is 0 Å². The highest BCUT2D eigenvalue weighted by atomic mass is 16.5. The lowest BCUT2D eigenvalue weighted by Crippen LogP contribution is -2.28. The Morgan fingerprint density at radius 2 is 1.67 bits per heavy atom. The summed E-state index contributed by atoms with van der Waals surface area (Å²) in [6, 6.07) is 22.7. The molecule has 0 unspecified atom stereocenters. The third-order valence-electron chi connectivity index (χ3n) is 5.24. The van der Waals surface area contributed by atoms with Crippen LogP contribution in [0.5, 0.6) is 11.5 Å². The van der Waals surface area contributed by atoms with E-state index in [0.717, 1.165) is 22.6 Å². The molecule has 5 nitrogen and oxygen atoms in total. The highest BCUT2D eigenvalue weighted by Crippen LogP contribution is 2.29. The van der Waals surface area contributed by atoms with Crippen LogP contribution >= 0.6 is 0 Å². The van der Waals surface area contributed by atoms with Gasteiger partial charge in [0.15, 0.2) is 0 Å². The summed E-state index contributed by atoms with van der Waals surface area (Å²) in [6.45, 7) is 4.40. The molecule has 0 aromatic heterocycles. The van der Waals surface area contributed by atoms with E-state index in [1.807, 2.05) is 68.4 Å². The number of ether oxygens (including phenoxy) is 1. The Morgan fingerprint density at radius 1 is 0.967 bits per heavy atom. The highest BCUT2D eigenvalue weighted by Gasteiger charge is 2.35. The average Bonchev–Trinajstić information content (AvgIpc) is 3.12. The molecule has 0 spiro atoms. The molecule has 0 saturated carbocycles. The zero-order valence-electron chi connectivity index (χ0n) is 17.1. The SMILES string of the molecule is Cc1ccc(N2C[C@H](C(=O)Nc3ccc(Oc4ccccc4)cc3)CC2=O)c(C)c1. The van der Waals surface area contributed by atoms with E-state index in [0.29, 0.717) is 18.0 Å². The van der Waals surface area contributed by atoms with Crippen molar-refractivity contribution < 1.29 is 14.3 Å². The number of aryl methyl sites for hydroxylation is 2. The topological polar surface area (TPSA) is 58.6 Å². The van der Waals surface area contributed by atoms with E-state index in [-0.39, 0.29) is 24.2 Å². The lowest BCUT2D eigenvalue weighted by Gasteiger charge is -2.19. The molecule has 3 aromatic rings. The van der Waals surface area contributed by atoms with Gasteiger partial charge in [0.2, 0.25) is 11.8 Å². The number of hydrogen-bond donors (Lipinski definition) is 1. The monoisotopic (exact) mass is 400 g/mol. The van der Waals surface area contributed by atoms with E-state index in [1.165, 1.54) is 0 Å². The molecule has 1 N–H and O–H groups in total. The second-order valence-electron chi connectivity index (χ2n) is 7.62. The first kappa shape index (κ1) is 19.7. The number of benzene rings is 3. The number of carbonyl (C=O) groups excluding carboxylic acids is 2. The molecule has 2 amide bonds. The van der Waals surface area contributed by atoms with Crippen LogP contribution in [0, 0.1) is 19.8 Å². The lowest BCUT2D eigenvalue weighted by molar-refractivity contribution is -0.122. The molecule has 4 rings (SSSR count). The molecular formula is C25H24N2O3. The number of para-hydroxylation sites is 1. The summed E-state index contributed by atoms with van der Waals surface area (Å²) in [7, 11) is 0. The maximum Gasteiger partial charge on any atom is 0.229 e. The summed E-state index contributed by atoms with van der Waals surface area (Å²) in [4.78, 5) is 27.0.